The highest BCUT2D eigenvalue weighted by molar-refractivity contribution is 7.13. The van der Waals surface area contributed by atoms with Crippen molar-refractivity contribution in [3.05, 3.63) is 65.6 Å². The van der Waals surface area contributed by atoms with Crippen molar-refractivity contribution in [2.24, 2.45) is 0 Å². The van der Waals surface area contributed by atoms with Crippen LogP contribution in [0.3, 0.4) is 0 Å². The number of carbonyl (C=O) groups excluding carboxylic acids is 2. The minimum atomic E-state index is -0.938. The molecule has 0 aliphatic carbocycles. The zero-order chi connectivity index (χ0) is 19.9. The third-order valence-corrected chi connectivity index (χ3v) is 4.72. The molecule has 144 valence electrons. The molecule has 28 heavy (non-hydrogen) atoms. The zero-order valence-corrected chi connectivity index (χ0v) is 15.9. The predicted octanol–water partition coefficient (Wildman–Crippen LogP) is 3.85. The van der Waals surface area contributed by atoms with Crippen molar-refractivity contribution >= 4 is 28.9 Å². The van der Waals surface area contributed by atoms with Gasteiger partial charge in [0.1, 0.15) is 10.8 Å². The van der Waals surface area contributed by atoms with Gasteiger partial charge < -0.3 is 10.1 Å². The van der Waals surface area contributed by atoms with Gasteiger partial charge in [-0.05, 0) is 42.8 Å². The number of hydrogen-bond donors (Lipinski definition) is 1. The number of anilines is 1. The summed E-state index contributed by atoms with van der Waals surface area (Å²) in [5.74, 6) is -1.40. The Bertz CT molecular complexity index is 945. The number of thiazole rings is 1. The average Bonchev–Trinajstić information content (AvgIpc) is 3.17. The van der Waals surface area contributed by atoms with Crippen molar-refractivity contribution in [2.75, 3.05) is 5.32 Å². The van der Waals surface area contributed by atoms with E-state index < -0.39 is 23.8 Å². The molecule has 0 aliphatic rings. The number of aromatic nitrogens is 2. The van der Waals surface area contributed by atoms with Gasteiger partial charge in [0.15, 0.2) is 6.10 Å². The van der Waals surface area contributed by atoms with E-state index in [9.17, 15) is 14.0 Å². The second-order valence-corrected chi connectivity index (χ2v) is 6.78. The number of pyridine rings is 1. The first-order chi connectivity index (χ1) is 13.5. The molecular formula is C20H18FN3O3S. The summed E-state index contributed by atoms with van der Waals surface area (Å²) in [7, 11) is 0. The minimum Gasteiger partial charge on any atom is -0.452 e. The molecule has 3 rings (SSSR count). The van der Waals surface area contributed by atoms with Gasteiger partial charge in [-0.25, -0.2) is 9.37 Å². The molecule has 0 saturated heterocycles. The van der Waals surface area contributed by atoms with E-state index in [1.807, 2.05) is 18.2 Å². The number of carbonyl (C=O) groups is 2. The summed E-state index contributed by atoms with van der Waals surface area (Å²) in [6.07, 6.45) is 1.01. The van der Waals surface area contributed by atoms with Crippen LogP contribution in [-0.2, 0) is 20.7 Å². The molecule has 8 heteroatoms. The van der Waals surface area contributed by atoms with Gasteiger partial charge in [-0.2, -0.15) is 0 Å². The second-order valence-electron chi connectivity index (χ2n) is 5.92. The fraction of sp³-hybridized carbons (Fsp3) is 0.200. The molecule has 1 atom stereocenters. The summed E-state index contributed by atoms with van der Waals surface area (Å²) < 4.78 is 18.2. The van der Waals surface area contributed by atoms with Gasteiger partial charge in [0.2, 0.25) is 0 Å². The Morgan fingerprint density at radius 3 is 2.68 bits per heavy atom. The van der Waals surface area contributed by atoms with Crippen LogP contribution in [-0.4, -0.2) is 27.9 Å². The number of ether oxygens (including phenoxy) is 1. The van der Waals surface area contributed by atoms with Crippen LogP contribution in [0.25, 0.3) is 10.7 Å². The molecule has 0 saturated carbocycles. The molecule has 0 spiro atoms. The molecular weight excluding hydrogens is 381 g/mol. The van der Waals surface area contributed by atoms with E-state index in [4.69, 9.17) is 4.74 Å². The standard InChI is InChI=1S/C20H18FN3O3S/c1-2-17(19(26)23-14-8-6-13(21)7-9-14)27-18(25)11-15-12-28-20(24-15)16-5-3-4-10-22-16/h3-10,12,17H,2,11H2,1H3,(H,23,26). The van der Waals surface area contributed by atoms with E-state index in [1.54, 1.807) is 18.5 Å². The number of rotatable bonds is 7. The maximum absolute atomic E-state index is 12.9. The highest BCUT2D eigenvalue weighted by Gasteiger charge is 2.22. The van der Waals surface area contributed by atoms with Gasteiger partial charge in [-0.15, -0.1) is 11.3 Å². The predicted molar refractivity (Wildman–Crippen MR) is 104 cm³/mol. The molecule has 6 nitrogen and oxygen atoms in total. The normalized spacial score (nSPS) is 11.6. The van der Waals surface area contributed by atoms with Crippen LogP contribution in [0.5, 0.6) is 0 Å². The molecule has 0 bridgehead atoms. The van der Waals surface area contributed by atoms with Gasteiger partial charge in [0, 0.05) is 17.3 Å². The number of hydrogen-bond acceptors (Lipinski definition) is 6. The number of halogens is 1. The van der Waals surface area contributed by atoms with Gasteiger partial charge in [-0.1, -0.05) is 13.0 Å². The van der Waals surface area contributed by atoms with Crippen molar-refractivity contribution in [1.82, 2.24) is 9.97 Å². The molecule has 2 heterocycles. The lowest BCUT2D eigenvalue weighted by Gasteiger charge is -2.15. The maximum atomic E-state index is 12.9. The van der Waals surface area contributed by atoms with Crippen LogP contribution in [0.2, 0.25) is 0 Å². The Hall–Kier alpha value is -3.13. The molecule has 0 fully saturated rings. The van der Waals surface area contributed by atoms with Crippen LogP contribution in [0.15, 0.2) is 54.0 Å². The Kier molecular flexibility index (Phi) is 6.44. The fourth-order valence-electron chi connectivity index (χ4n) is 2.42. The summed E-state index contributed by atoms with van der Waals surface area (Å²) in [6.45, 7) is 1.74. The summed E-state index contributed by atoms with van der Waals surface area (Å²) in [4.78, 5) is 33.1. The largest absolute Gasteiger partial charge is 0.452 e. The Labute approximate surface area is 165 Å². The minimum absolute atomic E-state index is 0.0380. The molecule has 1 amide bonds. The Balaban J connectivity index is 1.57. The van der Waals surface area contributed by atoms with Crippen LogP contribution in [0.1, 0.15) is 19.0 Å². The molecule has 1 N–H and O–H groups in total. The number of amides is 1. The number of esters is 1. The van der Waals surface area contributed by atoms with Gasteiger partial charge in [-0.3, -0.25) is 14.6 Å². The molecule has 0 aliphatic heterocycles. The summed E-state index contributed by atoms with van der Waals surface area (Å²) in [6, 6.07) is 10.9. The molecule has 2 aromatic heterocycles. The summed E-state index contributed by atoms with van der Waals surface area (Å²) in [5.41, 5.74) is 1.72. The monoisotopic (exact) mass is 399 g/mol. The molecule has 1 aromatic carbocycles. The zero-order valence-electron chi connectivity index (χ0n) is 15.1. The van der Waals surface area contributed by atoms with E-state index in [0.717, 1.165) is 5.69 Å². The van der Waals surface area contributed by atoms with E-state index in [1.165, 1.54) is 35.6 Å². The summed E-state index contributed by atoms with van der Waals surface area (Å²) in [5, 5.41) is 5.09. The maximum Gasteiger partial charge on any atom is 0.312 e. The quantitative estimate of drug-likeness (QED) is 0.611. The number of nitrogens with zero attached hydrogens (tertiary/aromatic N) is 2. The lowest BCUT2D eigenvalue weighted by molar-refractivity contribution is -0.153. The van der Waals surface area contributed by atoms with Crippen LogP contribution < -0.4 is 5.32 Å². The van der Waals surface area contributed by atoms with Gasteiger partial charge in [0.25, 0.3) is 5.91 Å². The third kappa shape index (κ3) is 5.20. The first-order valence-corrected chi connectivity index (χ1v) is 9.55. The van der Waals surface area contributed by atoms with Gasteiger partial charge in [0.05, 0.1) is 17.8 Å². The highest BCUT2D eigenvalue weighted by atomic mass is 32.1. The number of nitrogens with one attached hydrogen (secondary N) is 1. The smallest absolute Gasteiger partial charge is 0.312 e. The Morgan fingerprint density at radius 2 is 2.00 bits per heavy atom. The first-order valence-electron chi connectivity index (χ1n) is 8.67. The van der Waals surface area contributed by atoms with Gasteiger partial charge >= 0.3 is 5.97 Å². The second kappa shape index (κ2) is 9.18. The Morgan fingerprint density at radius 1 is 1.21 bits per heavy atom. The third-order valence-electron chi connectivity index (χ3n) is 3.81. The summed E-state index contributed by atoms with van der Waals surface area (Å²) >= 11 is 1.39. The lowest BCUT2D eigenvalue weighted by Crippen LogP contribution is -2.32. The van der Waals surface area contributed by atoms with Crippen molar-refractivity contribution in [1.29, 1.82) is 0 Å². The molecule has 0 radical (unpaired) electrons. The lowest BCUT2D eigenvalue weighted by atomic mass is 10.2. The number of benzene rings is 1. The SMILES string of the molecule is CCC(OC(=O)Cc1csc(-c2ccccn2)n1)C(=O)Nc1ccc(F)cc1. The van der Waals surface area contributed by atoms with Crippen LogP contribution in [0, 0.1) is 5.82 Å². The molecule has 1 unspecified atom stereocenters. The topological polar surface area (TPSA) is 81.2 Å². The van der Waals surface area contributed by atoms with Crippen molar-refractivity contribution < 1.29 is 18.7 Å². The average molecular weight is 399 g/mol. The van der Waals surface area contributed by atoms with E-state index in [2.05, 4.69) is 15.3 Å². The van der Waals surface area contributed by atoms with E-state index >= 15 is 0 Å². The van der Waals surface area contributed by atoms with Crippen molar-refractivity contribution in [3.63, 3.8) is 0 Å². The first kappa shape index (κ1) is 19.6. The van der Waals surface area contributed by atoms with Crippen molar-refractivity contribution in [2.45, 2.75) is 25.9 Å². The van der Waals surface area contributed by atoms with Crippen molar-refractivity contribution in [3.8, 4) is 10.7 Å². The van der Waals surface area contributed by atoms with Crippen LogP contribution in [0.4, 0.5) is 10.1 Å². The fourth-order valence-corrected chi connectivity index (χ4v) is 3.22. The van der Waals surface area contributed by atoms with E-state index in [-0.39, 0.29) is 6.42 Å². The van der Waals surface area contributed by atoms with Crippen LogP contribution >= 0.6 is 11.3 Å². The van der Waals surface area contributed by atoms with E-state index in [0.29, 0.717) is 22.8 Å². The highest BCUT2D eigenvalue weighted by Crippen LogP contribution is 2.22. The molecule has 3 aromatic rings.